The van der Waals surface area contributed by atoms with Gasteiger partial charge in [0.05, 0.1) is 5.92 Å². The third-order valence-corrected chi connectivity index (χ3v) is 3.15. The van der Waals surface area contributed by atoms with Crippen LogP contribution < -0.4 is 0 Å². The SMILES string of the molecule is [CH]1C=CC2CN(C3=CC=C[CH]C3)COC2=C1. The molecule has 0 N–H and O–H groups in total. The van der Waals surface area contributed by atoms with Crippen LogP contribution in [0.25, 0.3) is 0 Å². The zero-order valence-electron chi connectivity index (χ0n) is 9.17. The van der Waals surface area contributed by atoms with Gasteiger partial charge in [-0.2, -0.15) is 0 Å². The predicted molar refractivity (Wildman–Crippen MR) is 63.8 cm³/mol. The molecule has 0 bridgehead atoms. The maximum absolute atomic E-state index is 5.77. The van der Waals surface area contributed by atoms with E-state index in [9.17, 15) is 0 Å². The monoisotopic (exact) mass is 213 g/mol. The molecule has 1 aliphatic heterocycles. The van der Waals surface area contributed by atoms with Gasteiger partial charge in [0.1, 0.15) is 5.76 Å². The molecule has 1 fully saturated rings. The molecule has 0 saturated carbocycles. The van der Waals surface area contributed by atoms with Gasteiger partial charge in [-0.15, -0.1) is 0 Å². The molecule has 3 rings (SSSR count). The third kappa shape index (κ3) is 1.80. The van der Waals surface area contributed by atoms with Crippen LogP contribution in [0.2, 0.25) is 0 Å². The van der Waals surface area contributed by atoms with Crippen molar-refractivity contribution >= 4 is 0 Å². The summed E-state index contributed by atoms with van der Waals surface area (Å²) >= 11 is 0. The summed E-state index contributed by atoms with van der Waals surface area (Å²) in [6, 6.07) is 0. The first-order chi connectivity index (χ1) is 7.93. The number of hydrogen-bond donors (Lipinski definition) is 0. The van der Waals surface area contributed by atoms with Crippen molar-refractivity contribution in [2.75, 3.05) is 13.3 Å². The first-order valence-electron chi connectivity index (χ1n) is 5.72. The summed E-state index contributed by atoms with van der Waals surface area (Å²) in [4.78, 5) is 2.32. The summed E-state index contributed by atoms with van der Waals surface area (Å²) in [5.74, 6) is 1.53. The Kier molecular flexibility index (Phi) is 2.56. The highest BCUT2D eigenvalue weighted by Gasteiger charge is 2.25. The molecule has 3 aliphatic rings. The molecule has 1 unspecified atom stereocenters. The summed E-state index contributed by atoms with van der Waals surface area (Å²) in [6.07, 6.45) is 18.0. The number of nitrogens with zero attached hydrogens (tertiary/aromatic N) is 1. The lowest BCUT2D eigenvalue weighted by atomic mass is 9.98. The van der Waals surface area contributed by atoms with Gasteiger partial charge in [-0.25, -0.2) is 0 Å². The van der Waals surface area contributed by atoms with Crippen molar-refractivity contribution in [1.82, 2.24) is 4.90 Å². The van der Waals surface area contributed by atoms with E-state index >= 15 is 0 Å². The van der Waals surface area contributed by atoms with Crippen LogP contribution in [0.15, 0.2) is 47.9 Å². The minimum Gasteiger partial charge on any atom is -0.477 e. The Balaban J connectivity index is 1.73. The quantitative estimate of drug-likeness (QED) is 0.664. The lowest BCUT2D eigenvalue weighted by Gasteiger charge is -2.37. The van der Waals surface area contributed by atoms with E-state index in [2.05, 4.69) is 47.8 Å². The lowest BCUT2D eigenvalue weighted by molar-refractivity contribution is 0.0346. The van der Waals surface area contributed by atoms with E-state index in [1.807, 2.05) is 6.42 Å². The minimum atomic E-state index is 0.422. The Hall–Kier alpha value is -1.44. The van der Waals surface area contributed by atoms with E-state index in [4.69, 9.17) is 4.74 Å². The summed E-state index contributed by atoms with van der Waals surface area (Å²) in [5, 5.41) is 0. The van der Waals surface area contributed by atoms with Crippen molar-refractivity contribution in [3.8, 4) is 0 Å². The fourth-order valence-corrected chi connectivity index (χ4v) is 2.25. The van der Waals surface area contributed by atoms with Crippen molar-refractivity contribution < 1.29 is 4.74 Å². The molecule has 82 valence electrons. The zero-order chi connectivity index (χ0) is 10.8. The van der Waals surface area contributed by atoms with Crippen molar-refractivity contribution in [3.05, 3.63) is 60.8 Å². The summed E-state index contributed by atoms with van der Waals surface area (Å²) < 4.78 is 5.77. The Morgan fingerprint density at radius 1 is 1.19 bits per heavy atom. The molecule has 0 aromatic carbocycles. The Morgan fingerprint density at radius 3 is 3.06 bits per heavy atom. The van der Waals surface area contributed by atoms with Gasteiger partial charge in [-0.05, 0) is 25.0 Å². The van der Waals surface area contributed by atoms with E-state index < -0.39 is 0 Å². The van der Waals surface area contributed by atoms with Gasteiger partial charge in [-0.3, -0.25) is 0 Å². The maximum Gasteiger partial charge on any atom is 0.160 e. The fourth-order valence-electron chi connectivity index (χ4n) is 2.25. The summed E-state index contributed by atoms with van der Waals surface area (Å²) in [5.41, 5.74) is 1.35. The number of fused-ring (bicyclic) bond motifs is 1. The molecule has 16 heavy (non-hydrogen) atoms. The van der Waals surface area contributed by atoms with Gasteiger partial charge in [0.2, 0.25) is 0 Å². The highest BCUT2D eigenvalue weighted by atomic mass is 16.5. The van der Waals surface area contributed by atoms with Crippen LogP contribution in [-0.4, -0.2) is 18.2 Å². The van der Waals surface area contributed by atoms with Crippen LogP contribution in [0, 0.1) is 18.8 Å². The normalized spacial score (nSPS) is 28.0. The Morgan fingerprint density at radius 2 is 2.19 bits per heavy atom. The largest absolute Gasteiger partial charge is 0.477 e. The molecular formula is C14H15NO. The van der Waals surface area contributed by atoms with Crippen molar-refractivity contribution in [2.24, 2.45) is 5.92 Å². The summed E-state index contributed by atoms with van der Waals surface area (Å²) in [6.45, 7) is 1.71. The van der Waals surface area contributed by atoms with E-state index in [1.54, 1.807) is 0 Å². The van der Waals surface area contributed by atoms with E-state index in [0.717, 1.165) is 18.7 Å². The molecule has 1 saturated heterocycles. The fraction of sp³-hybridized carbons (Fsp3) is 0.286. The predicted octanol–water partition coefficient (Wildman–Crippen LogP) is 2.60. The second-order valence-electron chi connectivity index (χ2n) is 4.23. The van der Waals surface area contributed by atoms with E-state index in [-0.39, 0.29) is 0 Å². The van der Waals surface area contributed by atoms with Crippen molar-refractivity contribution in [1.29, 1.82) is 0 Å². The standard InChI is InChI=1S/C14H15NO/c1-2-7-13(8-3-1)15-10-12-6-4-5-9-14(12)16-11-15/h1-7,9,12H,8,10-11H2. The van der Waals surface area contributed by atoms with Gasteiger partial charge < -0.3 is 9.64 Å². The molecule has 1 heterocycles. The molecule has 0 amide bonds. The maximum atomic E-state index is 5.77. The topological polar surface area (TPSA) is 12.5 Å². The molecule has 2 nitrogen and oxygen atoms in total. The van der Waals surface area contributed by atoms with Crippen molar-refractivity contribution in [2.45, 2.75) is 6.42 Å². The first kappa shape index (κ1) is 9.76. The van der Waals surface area contributed by atoms with Crippen molar-refractivity contribution in [3.63, 3.8) is 0 Å². The van der Waals surface area contributed by atoms with Gasteiger partial charge in [0.15, 0.2) is 6.73 Å². The second kappa shape index (κ2) is 4.20. The Bertz CT molecular complexity index is 390. The molecule has 1 atom stereocenters. The molecule has 2 heteroatoms. The average Bonchev–Trinajstić information content (AvgIpc) is 2.39. The Labute approximate surface area is 96.6 Å². The number of ether oxygens (including phenoxy) is 1. The highest BCUT2D eigenvalue weighted by Crippen LogP contribution is 2.28. The molecule has 0 spiro atoms. The van der Waals surface area contributed by atoms with Crippen LogP contribution in [0.1, 0.15) is 6.42 Å². The molecule has 2 aliphatic carbocycles. The zero-order valence-corrected chi connectivity index (χ0v) is 9.17. The second-order valence-corrected chi connectivity index (χ2v) is 4.23. The van der Waals surface area contributed by atoms with Crippen LogP contribution in [0.3, 0.4) is 0 Å². The van der Waals surface area contributed by atoms with Gasteiger partial charge in [0.25, 0.3) is 0 Å². The lowest BCUT2D eigenvalue weighted by Crippen LogP contribution is -2.37. The minimum absolute atomic E-state index is 0.422. The first-order valence-corrected chi connectivity index (χ1v) is 5.72. The van der Waals surface area contributed by atoms with Crippen LogP contribution in [0.5, 0.6) is 0 Å². The summed E-state index contributed by atoms with van der Waals surface area (Å²) in [7, 11) is 0. The van der Waals surface area contributed by atoms with E-state index in [0.29, 0.717) is 12.6 Å². The van der Waals surface area contributed by atoms with Gasteiger partial charge in [0, 0.05) is 18.7 Å². The van der Waals surface area contributed by atoms with Crippen LogP contribution in [-0.2, 0) is 4.74 Å². The smallest absolute Gasteiger partial charge is 0.160 e. The number of hydrogen-bond acceptors (Lipinski definition) is 2. The highest BCUT2D eigenvalue weighted by molar-refractivity contribution is 5.27. The van der Waals surface area contributed by atoms with Gasteiger partial charge >= 0.3 is 0 Å². The molecule has 2 radical (unpaired) electrons. The third-order valence-electron chi connectivity index (χ3n) is 3.15. The molecular weight excluding hydrogens is 198 g/mol. The van der Waals surface area contributed by atoms with E-state index in [1.165, 1.54) is 5.70 Å². The van der Waals surface area contributed by atoms with Crippen LogP contribution in [0.4, 0.5) is 0 Å². The molecule has 0 aromatic rings. The number of rotatable bonds is 1. The van der Waals surface area contributed by atoms with Crippen LogP contribution >= 0.6 is 0 Å². The van der Waals surface area contributed by atoms with Gasteiger partial charge in [-0.1, -0.05) is 24.3 Å². The number of allylic oxidation sites excluding steroid dienone is 6. The average molecular weight is 213 g/mol. The molecule has 0 aromatic heterocycles.